The van der Waals surface area contributed by atoms with Crippen LogP contribution in [0.4, 0.5) is 10.4 Å². The highest BCUT2D eigenvalue weighted by Crippen LogP contribution is 2.27. The zero-order chi connectivity index (χ0) is 17.4. The van der Waals surface area contributed by atoms with Crippen molar-refractivity contribution in [3.05, 3.63) is 61.7 Å². The summed E-state index contributed by atoms with van der Waals surface area (Å²) in [5.74, 6) is -0.167. The molecule has 0 saturated carbocycles. The molecule has 0 aliphatic carbocycles. The third-order valence-electron chi connectivity index (χ3n) is 3.80. The molecule has 6 nitrogen and oxygen atoms in total. The molecule has 2 N–H and O–H groups in total. The third-order valence-corrected chi connectivity index (χ3v) is 4.29. The van der Waals surface area contributed by atoms with Gasteiger partial charge in [0.25, 0.3) is 11.4 Å². The maximum absolute atomic E-state index is 14.2. The maximum atomic E-state index is 14.2. The van der Waals surface area contributed by atoms with E-state index in [0.29, 0.717) is 26.7 Å². The Kier molecular flexibility index (Phi) is 4.23. The van der Waals surface area contributed by atoms with Gasteiger partial charge in [0.15, 0.2) is 0 Å². The van der Waals surface area contributed by atoms with Crippen LogP contribution in [0, 0.1) is 12.7 Å². The summed E-state index contributed by atoms with van der Waals surface area (Å²) in [5.41, 5.74) is 7.46. The summed E-state index contributed by atoms with van der Waals surface area (Å²) < 4.78 is 21.6. The summed E-state index contributed by atoms with van der Waals surface area (Å²) in [7, 11) is 1.63. The lowest BCUT2D eigenvalue weighted by Gasteiger charge is -2.13. The largest absolute Gasteiger partial charge is 0.403 e. The third kappa shape index (κ3) is 2.96. The summed E-state index contributed by atoms with van der Waals surface area (Å²) >= 11 is 3.23. The summed E-state index contributed by atoms with van der Waals surface area (Å²) in [6.45, 7) is 1.69. The minimum Gasteiger partial charge on any atom is -0.403 e. The highest BCUT2D eigenvalue weighted by atomic mass is 79.9. The maximum Gasteiger partial charge on any atom is 0.313 e. The standard InChI is InChI=1S/C16H14BrFN4O2/c1-8-11(5-9-3-4-10(17)6-13(9)18)12(7-22(2)15(8)23)14-20-21-16(19)24-14/h3-4,6-7H,5H2,1-2H3,(H2,19,21). The molecule has 0 fully saturated rings. The fraction of sp³-hybridized carbons (Fsp3) is 0.188. The molecule has 0 unspecified atom stereocenters. The molecule has 0 aliphatic heterocycles. The average Bonchev–Trinajstić information content (AvgIpc) is 2.96. The lowest BCUT2D eigenvalue weighted by molar-refractivity contribution is 0.587. The van der Waals surface area contributed by atoms with Crippen molar-refractivity contribution in [2.75, 3.05) is 5.73 Å². The quantitative estimate of drug-likeness (QED) is 0.740. The van der Waals surface area contributed by atoms with E-state index in [-0.39, 0.29) is 29.7 Å². The monoisotopic (exact) mass is 392 g/mol. The summed E-state index contributed by atoms with van der Waals surface area (Å²) in [5, 5.41) is 7.52. The number of nitrogen functional groups attached to an aromatic ring is 1. The Hall–Kier alpha value is -2.48. The van der Waals surface area contributed by atoms with E-state index < -0.39 is 0 Å². The molecule has 8 heteroatoms. The molecule has 0 radical (unpaired) electrons. The summed E-state index contributed by atoms with van der Waals surface area (Å²) in [6.07, 6.45) is 1.81. The smallest absolute Gasteiger partial charge is 0.313 e. The first-order chi connectivity index (χ1) is 11.4. The van der Waals surface area contributed by atoms with E-state index in [1.807, 2.05) is 0 Å². The molecule has 0 amide bonds. The number of pyridine rings is 1. The molecule has 124 valence electrons. The van der Waals surface area contributed by atoms with E-state index >= 15 is 0 Å². The highest BCUT2D eigenvalue weighted by Gasteiger charge is 2.19. The Morgan fingerprint density at radius 1 is 1.38 bits per heavy atom. The molecule has 0 saturated heterocycles. The van der Waals surface area contributed by atoms with Gasteiger partial charge in [-0.15, -0.1) is 5.10 Å². The summed E-state index contributed by atoms with van der Waals surface area (Å²) in [4.78, 5) is 12.3. The van der Waals surface area contributed by atoms with E-state index in [2.05, 4.69) is 26.1 Å². The molecular formula is C16H14BrFN4O2. The second-order valence-corrected chi connectivity index (χ2v) is 6.34. The van der Waals surface area contributed by atoms with Crippen molar-refractivity contribution in [1.29, 1.82) is 0 Å². The fourth-order valence-corrected chi connectivity index (χ4v) is 2.87. The van der Waals surface area contributed by atoms with E-state index in [4.69, 9.17) is 10.2 Å². The molecule has 2 heterocycles. The molecule has 0 aliphatic rings. The number of hydrogen-bond donors (Lipinski definition) is 1. The van der Waals surface area contributed by atoms with Gasteiger partial charge in [0.2, 0.25) is 0 Å². The van der Waals surface area contributed by atoms with E-state index in [1.54, 1.807) is 32.3 Å². The molecule has 3 rings (SSSR count). The summed E-state index contributed by atoms with van der Waals surface area (Å²) in [6, 6.07) is 4.73. The van der Waals surface area contributed by atoms with Crippen molar-refractivity contribution in [3.63, 3.8) is 0 Å². The first-order valence-corrected chi connectivity index (χ1v) is 7.88. The SMILES string of the molecule is Cc1c(Cc2ccc(Br)cc2F)c(-c2nnc(N)o2)cn(C)c1=O. The van der Waals surface area contributed by atoms with Crippen LogP contribution in [0.15, 0.2) is 38.1 Å². The van der Waals surface area contributed by atoms with Crippen LogP contribution in [0.1, 0.15) is 16.7 Å². The van der Waals surface area contributed by atoms with Crippen molar-refractivity contribution >= 4 is 21.9 Å². The minimum atomic E-state index is -0.361. The van der Waals surface area contributed by atoms with E-state index in [9.17, 15) is 9.18 Å². The van der Waals surface area contributed by atoms with Crippen molar-refractivity contribution in [2.24, 2.45) is 7.05 Å². The second kappa shape index (κ2) is 6.20. The number of nitrogens with two attached hydrogens (primary N) is 1. The van der Waals surface area contributed by atoms with Crippen LogP contribution in [0.5, 0.6) is 0 Å². The van der Waals surface area contributed by atoms with Gasteiger partial charge < -0.3 is 14.7 Å². The van der Waals surface area contributed by atoms with Gasteiger partial charge in [-0.05, 0) is 30.2 Å². The van der Waals surface area contributed by atoms with Crippen molar-refractivity contribution in [3.8, 4) is 11.5 Å². The molecule has 0 atom stereocenters. The van der Waals surface area contributed by atoms with Crippen LogP contribution in [-0.4, -0.2) is 14.8 Å². The number of aryl methyl sites for hydroxylation is 1. The number of anilines is 1. The van der Waals surface area contributed by atoms with E-state index in [1.165, 1.54) is 10.6 Å². The number of nitrogens with zero attached hydrogens (tertiary/aromatic N) is 3. The molecule has 2 aromatic heterocycles. The average molecular weight is 393 g/mol. The van der Waals surface area contributed by atoms with Gasteiger partial charge >= 0.3 is 6.01 Å². The first kappa shape index (κ1) is 16.4. The number of halogens is 2. The topological polar surface area (TPSA) is 86.9 Å². The van der Waals surface area contributed by atoms with Gasteiger partial charge in [0.1, 0.15) is 5.82 Å². The lowest BCUT2D eigenvalue weighted by atomic mass is 9.97. The van der Waals surface area contributed by atoms with E-state index in [0.717, 1.165) is 0 Å². The Balaban J connectivity index is 2.18. The number of rotatable bonds is 3. The Morgan fingerprint density at radius 2 is 2.12 bits per heavy atom. The van der Waals surface area contributed by atoms with Crippen LogP contribution < -0.4 is 11.3 Å². The number of benzene rings is 1. The van der Waals surface area contributed by atoms with Crippen molar-refractivity contribution < 1.29 is 8.81 Å². The Bertz CT molecular complexity index is 981. The lowest BCUT2D eigenvalue weighted by Crippen LogP contribution is -2.21. The molecule has 3 aromatic rings. The van der Waals surface area contributed by atoms with Gasteiger partial charge in [-0.2, -0.15) is 0 Å². The van der Waals surface area contributed by atoms with Crippen LogP contribution >= 0.6 is 15.9 Å². The fourth-order valence-electron chi connectivity index (χ4n) is 2.54. The molecule has 0 bridgehead atoms. The van der Waals surface area contributed by atoms with Crippen LogP contribution in [0.2, 0.25) is 0 Å². The van der Waals surface area contributed by atoms with Gasteiger partial charge in [0, 0.05) is 29.7 Å². The molecule has 24 heavy (non-hydrogen) atoms. The number of aromatic nitrogens is 3. The molecular weight excluding hydrogens is 379 g/mol. The van der Waals surface area contributed by atoms with Gasteiger partial charge in [-0.1, -0.05) is 27.1 Å². The normalized spacial score (nSPS) is 11.0. The van der Waals surface area contributed by atoms with Gasteiger partial charge in [-0.25, -0.2) is 4.39 Å². The van der Waals surface area contributed by atoms with Crippen LogP contribution in [0.3, 0.4) is 0 Å². The van der Waals surface area contributed by atoms with Crippen molar-refractivity contribution in [1.82, 2.24) is 14.8 Å². The van der Waals surface area contributed by atoms with Crippen LogP contribution in [-0.2, 0) is 13.5 Å². The van der Waals surface area contributed by atoms with Gasteiger partial charge in [0.05, 0.1) is 5.56 Å². The first-order valence-electron chi connectivity index (χ1n) is 7.09. The predicted octanol–water partition coefficient (Wildman–Crippen LogP) is 2.82. The van der Waals surface area contributed by atoms with Crippen molar-refractivity contribution in [2.45, 2.75) is 13.3 Å². The minimum absolute atomic E-state index is 0.0720. The molecule has 1 aromatic carbocycles. The zero-order valence-corrected chi connectivity index (χ0v) is 14.6. The molecule has 0 spiro atoms. The predicted molar refractivity (Wildman–Crippen MR) is 91.0 cm³/mol. The highest BCUT2D eigenvalue weighted by molar-refractivity contribution is 9.10. The van der Waals surface area contributed by atoms with Crippen LogP contribution in [0.25, 0.3) is 11.5 Å². The number of hydrogen-bond acceptors (Lipinski definition) is 5. The van der Waals surface area contributed by atoms with Gasteiger partial charge in [-0.3, -0.25) is 4.79 Å². The second-order valence-electron chi connectivity index (χ2n) is 5.42. The Morgan fingerprint density at radius 3 is 2.75 bits per heavy atom. The Labute approximate surface area is 145 Å². The zero-order valence-electron chi connectivity index (χ0n) is 13.0.